The lowest BCUT2D eigenvalue weighted by atomic mass is 10.2. The zero-order valence-corrected chi connectivity index (χ0v) is 11.2. The number of amides is 1. The highest BCUT2D eigenvalue weighted by Gasteiger charge is 2.11. The number of benzene rings is 1. The summed E-state index contributed by atoms with van der Waals surface area (Å²) in [6, 6.07) is 7.40. The lowest BCUT2D eigenvalue weighted by molar-refractivity contribution is 0.102. The highest BCUT2D eigenvalue weighted by Crippen LogP contribution is 2.19. The van der Waals surface area contributed by atoms with Gasteiger partial charge in [0.1, 0.15) is 5.82 Å². The molecule has 0 saturated carbocycles. The number of anilines is 1. The molecule has 2 rings (SSSR count). The van der Waals surface area contributed by atoms with Crippen LogP contribution in [0.4, 0.5) is 10.1 Å². The first kappa shape index (κ1) is 12.7. The number of carbonyl (C=O) groups is 1. The molecule has 5 heteroatoms. The number of hydrogen-bond acceptors (Lipinski definition) is 2. The van der Waals surface area contributed by atoms with Gasteiger partial charge in [-0.05, 0) is 53.2 Å². The van der Waals surface area contributed by atoms with Crippen LogP contribution in [0.3, 0.4) is 0 Å². The monoisotopic (exact) mass is 308 g/mol. The number of nitrogens with one attached hydrogen (secondary N) is 1. The second-order valence-electron chi connectivity index (χ2n) is 3.76. The summed E-state index contributed by atoms with van der Waals surface area (Å²) >= 11 is 3.22. The van der Waals surface area contributed by atoms with Crippen molar-refractivity contribution in [3.63, 3.8) is 0 Å². The summed E-state index contributed by atoms with van der Waals surface area (Å²) in [4.78, 5) is 16.0. The van der Waals surface area contributed by atoms with Crippen LogP contribution in [-0.4, -0.2) is 10.9 Å². The summed E-state index contributed by atoms with van der Waals surface area (Å²) in [6.07, 6.45) is 1.60. The summed E-state index contributed by atoms with van der Waals surface area (Å²) in [5.74, 6) is -0.818. The Balaban J connectivity index is 2.24. The van der Waals surface area contributed by atoms with Crippen LogP contribution in [0, 0.1) is 12.7 Å². The van der Waals surface area contributed by atoms with Gasteiger partial charge in [0.2, 0.25) is 0 Å². The highest BCUT2D eigenvalue weighted by atomic mass is 79.9. The summed E-state index contributed by atoms with van der Waals surface area (Å²) < 4.78 is 13.6. The number of aryl methyl sites for hydroxylation is 1. The van der Waals surface area contributed by atoms with Crippen LogP contribution >= 0.6 is 15.9 Å². The van der Waals surface area contributed by atoms with E-state index in [2.05, 4.69) is 26.2 Å². The molecule has 1 N–H and O–H groups in total. The van der Waals surface area contributed by atoms with Crippen molar-refractivity contribution in [2.24, 2.45) is 0 Å². The lowest BCUT2D eigenvalue weighted by Crippen LogP contribution is -2.13. The van der Waals surface area contributed by atoms with Crippen LogP contribution in [0.15, 0.2) is 41.0 Å². The van der Waals surface area contributed by atoms with Gasteiger partial charge in [-0.3, -0.25) is 9.78 Å². The maximum atomic E-state index is 13.1. The second kappa shape index (κ2) is 5.27. The smallest absolute Gasteiger partial charge is 0.256 e. The third-order valence-electron chi connectivity index (χ3n) is 2.33. The minimum absolute atomic E-state index is 0.254. The van der Waals surface area contributed by atoms with E-state index >= 15 is 0 Å². The van der Waals surface area contributed by atoms with Crippen LogP contribution in [0.2, 0.25) is 0 Å². The Hall–Kier alpha value is -1.75. The molecule has 0 atom stereocenters. The second-order valence-corrected chi connectivity index (χ2v) is 4.62. The average molecular weight is 309 g/mol. The topological polar surface area (TPSA) is 42.0 Å². The van der Waals surface area contributed by atoms with Crippen molar-refractivity contribution >= 4 is 27.5 Å². The molecule has 0 spiro atoms. The Bertz CT molecular complexity index is 601. The Morgan fingerprint density at radius 2 is 2.11 bits per heavy atom. The largest absolute Gasteiger partial charge is 0.322 e. The average Bonchev–Trinajstić information content (AvgIpc) is 2.32. The minimum Gasteiger partial charge on any atom is -0.322 e. The van der Waals surface area contributed by atoms with Crippen molar-refractivity contribution in [1.29, 1.82) is 0 Å². The summed E-state index contributed by atoms with van der Waals surface area (Å²) in [5.41, 5.74) is 1.68. The molecule has 3 nitrogen and oxygen atoms in total. The molecule has 0 aliphatic rings. The van der Waals surface area contributed by atoms with Gasteiger partial charge < -0.3 is 5.32 Å². The zero-order valence-electron chi connectivity index (χ0n) is 9.58. The van der Waals surface area contributed by atoms with Crippen LogP contribution in [-0.2, 0) is 0 Å². The highest BCUT2D eigenvalue weighted by molar-refractivity contribution is 9.10. The van der Waals surface area contributed by atoms with Crippen molar-refractivity contribution in [2.75, 3.05) is 5.32 Å². The normalized spacial score (nSPS) is 10.2. The molecule has 0 fully saturated rings. The van der Waals surface area contributed by atoms with Crippen LogP contribution in [0.1, 0.15) is 16.1 Å². The molecule has 1 aromatic heterocycles. The Morgan fingerprint density at radius 1 is 1.33 bits per heavy atom. The fourth-order valence-electron chi connectivity index (χ4n) is 1.49. The molecule has 0 aliphatic carbocycles. The molecular weight excluding hydrogens is 299 g/mol. The Labute approximate surface area is 112 Å². The molecular formula is C13H10BrFN2O. The third-order valence-corrected chi connectivity index (χ3v) is 3.02. The van der Waals surface area contributed by atoms with Gasteiger partial charge in [0.25, 0.3) is 5.91 Å². The molecule has 0 radical (unpaired) electrons. The Morgan fingerprint density at radius 3 is 2.83 bits per heavy atom. The van der Waals surface area contributed by atoms with Crippen LogP contribution in [0.5, 0.6) is 0 Å². The molecule has 0 aliphatic heterocycles. The van der Waals surface area contributed by atoms with E-state index in [9.17, 15) is 9.18 Å². The number of nitrogens with zero attached hydrogens (tertiary/aromatic N) is 1. The van der Waals surface area contributed by atoms with Crippen molar-refractivity contribution in [3.8, 4) is 0 Å². The molecule has 92 valence electrons. The zero-order chi connectivity index (χ0) is 13.1. The number of rotatable bonds is 2. The van der Waals surface area contributed by atoms with Gasteiger partial charge in [0.15, 0.2) is 0 Å². The number of carbonyl (C=O) groups excluding carboxylic acids is 1. The molecule has 0 unspecified atom stereocenters. The summed E-state index contributed by atoms with van der Waals surface area (Å²) in [6.45, 7) is 1.83. The number of halogens is 2. The van der Waals surface area contributed by atoms with E-state index in [0.29, 0.717) is 10.2 Å². The van der Waals surface area contributed by atoms with E-state index in [4.69, 9.17) is 0 Å². The van der Waals surface area contributed by atoms with Gasteiger partial charge in [0, 0.05) is 22.1 Å². The van der Waals surface area contributed by atoms with E-state index in [1.807, 2.05) is 6.92 Å². The molecule has 0 saturated heterocycles. The van der Waals surface area contributed by atoms with Crippen LogP contribution < -0.4 is 5.32 Å². The minimum atomic E-state index is -0.450. The number of aromatic nitrogens is 1. The van der Waals surface area contributed by atoms with Gasteiger partial charge in [-0.1, -0.05) is 0 Å². The summed E-state index contributed by atoms with van der Waals surface area (Å²) in [5, 5.41) is 2.69. The lowest BCUT2D eigenvalue weighted by Gasteiger charge is -2.07. The van der Waals surface area contributed by atoms with E-state index in [0.717, 1.165) is 5.69 Å². The predicted molar refractivity (Wildman–Crippen MR) is 71.0 cm³/mol. The molecule has 18 heavy (non-hydrogen) atoms. The summed E-state index contributed by atoms with van der Waals surface area (Å²) in [7, 11) is 0. The van der Waals surface area contributed by atoms with Crippen LogP contribution in [0.25, 0.3) is 0 Å². The molecule has 1 aromatic carbocycles. The first-order valence-electron chi connectivity index (χ1n) is 5.25. The molecule has 1 amide bonds. The van der Waals surface area contributed by atoms with Crippen molar-refractivity contribution < 1.29 is 9.18 Å². The van der Waals surface area contributed by atoms with Gasteiger partial charge in [-0.15, -0.1) is 0 Å². The molecule has 1 heterocycles. The van der Waals surface area contributed by atoms with Gasteiger partial charge in [0.05, 0.1) is 5.56 Å². The van der Waals surface area contributed by atoms with E-state index in [1.54, 1.807) is 18.3 Å². The molecule has 2 aromatic rings. The van der Waals surface area contributed by atoms with Gasteiger partial charge in [-0.2, -0.15) is 0 Å². The van der Waals surface area contributed by atoms with Gasteiger partial charge in [-0.25, -0.2) is 4.39 Å². The maximum Gasteiger partial charge on any atom is 0.256 e. The standard InChI is InChI=1S/C13H10BrFN2O/c1-8-6-10(4-5-16-8)17-13(18)11-7-9(15)2-3-12(11)14/h2-7H,1H3,(H,16,17,18). The van der Waals surface area contributed by atoms with E-state index in [1.165, 1.54) is 18.2 Å². The first-order chi connectivity index (χ1) is 8.56. The third kappa shape index (κ3) is 2.92. The first-order valence-corrected chi connectivity index (χ1v) is 6.04. The van der Waals surface area contributed by atoms with E-state index in [-0.39, 0.29) is 11.5 Å². The van der Waals surface area contributed by atoms with Crippen molar-refractivity contribution in [1.82, 2.24) is 4.98 Å². The maximum absolute atomic E-state index is 13.1. The quantitative estimate of drug-likeness (QED) is 0.922. The van der Waals surface area contributed by atoms with Gasteiger partial charge >= 0.3 is 0 Å². The van der Waals surface area contributed by atoms with Crippen molar-refractivity contribution in [3.05, 3.63) is 58.1 Å². The van der Waals surface area contributed by atoms with Crippen molar-refractivity contribution in [2.45, 2.75) is 6.92 Å². The predicted octanol–water partition coefficient (Wildman–Crippen LogP) is 3.54. The SMILES string of the molecule is Cc1cc(NC(=O)c2cc(F)ccc2Br)ccn1. The number of pyridine rings is 1. The molecule has 0 bridgehead atoms. The van der Waals surface area contributed by atoms with E-state index < -0.39 is 5.82 Å². The fourth-order valence-corrected chi connectivity index (χ4v) is 1.92. The fraction of sp³-hybridized carbons (Fsp3) is 0.0769. The Kier molecular flexibility index (Phi) is 3.72. The number of hydrogen-bond donors (Lipinski definition) is 1.